The Morgan fingerprint density at radius 2 is 2.27 bits per heavy atom. The summed E-state index contributed by atoms with van der Waals surface area (Å²) in [5, 5.41) is 14.7. The van der Waals surface area contributed by atoms with Gasteiger partial charge in [-0.25, -0.2) is 4.39 Å². The van der Waals surface area contributed by atoms with Gasteiger partial charge in [0.05, 0.1) is 24.3 Å². The summed E-state index contributed by atoms with van der Waals surface area (Å²) in [6.45, 7) is 0.388. The number of hydrogen-bond donors (Lipinski definition) is 3. The van der Waals surface area contributed by atoms with Crippen molar-refractivity contribution in [2.24, 2.45) is 0 Å². The van der Waals surface area contributed by atoms with Crippen molar-refractivity contribution < 1.29 is 23.8 Å². The summed E-state index contributed by atoms with van der Waals surface area (Å²) in [6.07, 6.45) is 1.27. The van der Waals surface area contributed by atoms with Gasteiger partial charge in [-0.2, -0.15) is 0 Å². The fourth-order valence-corrected chi connectivity index (χ4v) is 2.75. The maximum Gasteiger partial charge on any atom is 0.254 e. The Labute approximate surface area is 126 Å². The van der Waals surface area contributed by atoms with Crippen LogP contribution in [0.15, 0.2) is 12.1 Å². The molecule has 1 aromatic carbocycles. The quantitative estimate of drug-likeness (QED) is 0.763. The van der Waals surface area contributed by atoms with Crippen LogP contribution in [0.3, 0.4) is 0 Å². The zero-order valence-corrected chi connectivity index (χ0v) is 11.9. The Morgan fingerprint density at radius 3 is 2.95 bits per heavy atom. The van der Waals surface area contributed by atoms with E-state index in [1.165, 1.54) is 6.07 Å². The Morgan fingerprint density at radius 1 is 1.45 bits per heavy atom. The monoisotopic (exact) mass is 308 g/mol. The normalized spacial score (nSPS) is 23.8. The van der Waals surface area contributed by atoms with E-state index in [0.29, 0.717) is 31.6 Å². The first-order valence-corrected chi connectivity index (χ1v) is 7.16. The van der Waals surface area contributed by atoms with Gasteiger partial charge in [-0.15, -0.1) is 0 Å². The minimum absolute atomic E-state index is 0.0883. The summed E-state index contributed by atoms with van der Waals surface area (Å²) in [4.78, 5) is 23.6. The highest BCUT2D eigenvalue weighted by atomic mass is 19.1. The highest BCUT2D eigenvalue weighted by Crippen LogP contribution is 2.27. The lowest BCUT2D eigenvalue weighted by molar-refractivity contribution is -0.116. The number of benzene rings is 1. The summed E-state index contributed by atoms with van der Waals surface area (Å²) < 4.78 is 19.4. The summed E-state index contributed by atoms with van der Waals surface area (Å²) in [7, 11) is 0. The minimum Gasteiger partial charge on any atom is -0.394 e. The molecule has 2 aliphatic rings. The number of ether oxygens (including phenoxy) is 1. The molecule has 6 nitrogen and oxygen atoms in total. The minimum atomic E-state index is -0.854. The van der Waals surface area contributed by atoms with E-state index in [1.807, 2.05) is 0 Å². The highest BCUT2D eigenvalue weighted by Gasteiger charge is 2.36. The standard InChI is InChI=1S/C15H17FN2O4/c16-11-6-12-9(1-2-13(20)17-12)5-10(11)14(21)18-15(7-19)3-4-22-8-15/h5-6,19H,1-4,7-8H2,(H,17,20)(H,18,21). The molecule has 0 bridgehead atoms. The van der Waals surface area contributed by atoms with Crippen LogP contribution >= 0.6 is 0 Å². The van der Waals surface area contributed by atoms with E-state index in [0.717, 1.165) is 11.6 Å². The Hall–Kier alpha value is -1.99. The van der Waals surface area contributed by atoms with E-state index in [1.54, 1.807) is 0 Å². The number of halogens is 1. The van der Waals surface area contributed by atoms with E-state index in [9.17, 15) is 19.1 Å². The molecule has 0 saturated carbocycles. The fourth-order valence-electron chi connectivity index (χ4n) is 2.75. The van der Waals surface area contributed by atoms with Crippen molar-refractivity contribution in [2.45, 2.75) is 24.8 Å². The van der Waals surface area contributed by atoms with Crippen molar-refractivity contribution in [3.8, 4) is 0 Å². The lowest BCUT2D eigenvalue weighted by Gasteiger charge is -2.26. The Kier molecular flexibility index (Phi) is 3.84. The number of nitrogens with one attached hydrogen (secondary N) is 2. The van der Waals surface area contributed by atoms with Gasteiger partial charge in [-0.1, -0.05) is 0 Å². The topological polar surface area (TPSA) is 87.7 Å². The predicted octanol–water partition coefficient (Wildman–Crippen LogP) is 0.592. The van der Waals surface area contributed by atoms with Crippen molar-refractivity contribution in [2.75, 3.05) is 25.1 Å². The molecule has 3 N–H and O–H groups in total. The second-order valence-corrected chi connectivity index (χ2v) is 5.73. The van der Waals surface area contributed by atoms with Gasteiger partial charge in [0, 0.05) is 18.7 Å². The van der Waals surface area contributed by atoms with Crippen LogP contribution in [-0.4, -0.2) is 42.3 Å². The zero-order valence-electron chi connectivity index (χ0n) is 11.9. The van der Waals surface area contributed by atoms with Crippen molar-refractivity contribution >= 4 is 17.5 Å². The van der Waals surface area contributed by atoms with Gasteiger partial charge in [0.15, 0.2) is 0 Å². The number of carbonyl (C=O) groups excluding carboxylic acids is 2. The van der Waals surface area contributed by atoms with Crippen LogP contribution < -0.4 is 10.6 Å². The van der Waals surface area contributed by atoms with Crippen LogP contribution in [-0.2, 0) is 16.0 Å². The molecular weight excluding hydrogens is 291 g/mol. The molecule has 0 aromatic heterocycles. The summed E-state index contributed by atoms with van der Waals surface area (Å²) >= 11 is 0. The first kappa shape index (κ1) is 14.9. The lowest BCUT2D eigenvalue weighted by Crippen LogP contribution is -2.52. The number of aryl methyl sites for hydroxylation is 1. The molecule has 1 saturated heterocycles. The van der Waals surface area contributed by atoms with E-state index < -0.39 is 17.3 Å². The first-order chi connectivity index (χ1) is 10.5. The summed E-state index contributed by atoms with van der Waals surface area (Å²) in [6, 6.07) is 2.62. The van der Waals surface area contributed by atoms with Crippen molar-refractivity contribution in [3.05, 3.63) is 29.1 Å². The van der Waals surface area contributed by atoms with Gasteiger partial charge >= 0.3 is 0 Å². The zero-order chi connectivity index (χ0) is 15.7. The number of fused-ring (bicyclic) bond motifs is 1. The molecule has 7 heteroatoms. The second-order valence-electron chi connectivity index (χ2n) is 5.73. The lowest BCUT2D eigenvalue weighted by atomic mass is 9.97. The van der Waals surface area contributed by atoms with E-state index >= 15 is 0 Å². The molecule has 2 amide bonds. The molecule has 0 spiro atoms. The van der Waals surface area contributed by atoms with Crippen LogP contribution in [0.4, 0.5) is 10.1 Å². The number of aliphatic hydroxyl groups is 1. The maximum atomic E-state index is 14.2. The third-order valence-corrected chi connectivity index (χ3v) is 4.12. The SMILES string of the molecule is O=C1CCc2cc(C(=O)NC3(CO)CCOC3)c(F)cc2N1. The van der Waals surface area contributed by atoms with Gasteiger partial charge in [0.1, 0.15) is 5.82 Å². The molecule has 0 aliphatic carbocycles. The van der Waals surface area contributed by atoms with Gasteiger partial charge in [0.25, 0.3) is 5.91 Å². The van der Waals surface area contributed by atoms with Crippen molar-refractivity contribution in [1.29, 1.82) is 0 Å². The smallest absolute Gasteiger partial charge is 0.254 e. The Balaban J connectivity index is 1.85. The molecular formula is C15H17FN2O4. The third-order valence-electron chi connectivity index (χ3n) is 4.12. The molecule has 118 valence electrons. The fraction of sp³-hybridized carbons (Fsp3) is 0.467. The molecule has 22 heavy (non-hydrogen) atoms. The number of aliphatic hydroxyl groups excluding tert-OH is 1. The molecule has 3 rings (SSSR count). The molecule has 1 unspecified atom stereocenters. The van der Waals surface area contributed by atoms with Crippen LogP contribution in [0.2, 0.25) is 0 Å². The number of rotatable bonds is 3. The average molecular weight is 308 g/mol. The predicted molar refractivity (Wildman–Crippen MR) is 76.1 cm³/mol. The molecule has 2 heterocycles. The van der Waals surface area contributed by atoms with E-state index in [4.69, 9.17) is 4.74 Å². The average Bonchev–Trinajstić information content (AvgIpc) is 2.95. The van der Waals surface area contributed by atoms with Crippen molar-refractivity contribution in [1.82, 2.24) is 5.32 Å². The van der Waals surface area contributed by atoms with Crippen molar-refractivity contribution in [3.63, 3.8) is 0 Å². The van der Waals surface area contributed by atoms with Gasteiger partial charge in [-0.05, 0) is 30.5 Å². The van der Waals surface area contributed by atoms with Crippen LogP contribution in [0.1, 0.15) is 28.8 Å². The number of hydrogen-bond acceptors (Lipinski definition) is 4. The summed E-state index contributed by atoms with van der Waals surface area (Å²) in [5.41, 5.74) is 0.195. The Bertz CT molecular complexity index is 626. The van der Waals surface area contributed by atoms with Crippen LogP contribution in [0, 0.1) is 5.82 Å². The molecule has 0 radical (unpaired) electrons. The molecule has 1 atom stereocenters. The molecule has 1 fully saturated rings. The van der Waals surface area contributed by atoms with Gasteiger partial charge in [-0.3, -0.25) is 9.59 Å². The van der Waals surface area contributed by atoms with E-state index in [-0.39, 0.29) is 24.7 Å². The van der Waals surface area contributed by atoms with Gasteiger partial charge in [0.2, 0.25) is 5.91 Å². The molecule has 1 aromatic rings. The number of carbonyl (C=O) groups is 2. The van der Waals surface area contributed by atoms with E-state index in [2.05, 4.69) is 10.6 Å². The highest BCUT2D eigenvalue weighted by molar-refractivity contribution is 5.98. The number of amides is 2. The van der Waals surface area contributed by atoms with Crippen LogP contribution in [0.5, 0.6) is 0 Å². The number of anilines is 1. The van der Waals surface area contributed by atoms with Gasteiger partial charge < -0.3 is 20.5 Å². The summed E-state index contributed by atoms with van der Waals surface area (Å²) in [5.74, 6) is -1.45. The molecule has 2 aliphatic heterocycles. The first-order valence-electron chi connectivity index (χ1n) is 7.16. The maximum absolute atomic E-state index is 14.2. The second kappa shape index (κ2) is 5.66. The van der Waals surface area contributed by atoms with Crippen LogP contribution in [0.25, 0.3) is 0 Å². The largest absolute Gasteiger partial charge is 0.394 e. The third kappa shape index (κ3) is 2.69.